The molecule has 0 saturated heterocycles. The summed E-state index contributed by atoms with van der Waals surface area (Å²) in [7, 11) is 5.26. The van der Waals surface area contributed by atoms with Gasteiger partial charge in [0.25, 0.3) is 5.91 Å². The van der Waals surface area contributed by atoms with Crippen LogP contribution >= 0.6 is 0 Å². The minimum atomic E-state index is 0.0175. The van der Waals surface area contributed by atoms with Crippen LogP contribution in [0.5, 0.6) is 0 Å². The molecule has 0 bridgehead atoms. The summed E-state index contributed by atoms with van der Waals surface area (Å²) in [6.07, 6.45) is 0. The maximum absolute atomic E-state index is 11.8. The molecule has 2 N–H and O–H groups in total. The lowest BCUT2D eigenvalue weighted by molar-refractivity contribution is 0.0827. The second-order valence-electron chi connectivity index (χ2n) is 5.60. The van der Waals surface area contributed by atoms with Gasteiger partial charge in [-0.05, 0) is 23.6 Å². The van der Waals surface area contributed by atoms with E-state index in [1.165, 1.54) is 0 Å². The van der Waals surface area contributed by atoms with E-state index >= 15 is 0 Å². The maximum atomic E-state index is 11.8. The Morgan fingerprint density at radius 3 is 2.29 bits per heavy atom. The van der Waals surface area contributed by atoms with Crippen LogP contribution in [0.3, 0.4) is 0 Å². The number of aliphatic imine (C=N–C) groups is 1. The van der Waals surface area contributed by atoms with Gasteiger partial charge in [0.15, 0.2) is 5.96 Å². The number of rotatable bonds is 5. The maximum Gasteiger partial charge on any atom is 0.253 e. The molecule has 0 spiro atoms. The van der Waals surface area contributed by atoms with Crippen molar-refractivity contribution in [3.63, 3.8) is 0 Å². The Morgan fingerprint density at radius 2 is 1.81 bits per heavy atom. The van der Waals surface area contributed by atoms with Crippen molar-refractivity contribution in [2.24, 2.45) is 10.9 Å². The highest BCUT2D eigenvalue weighted by molar-refractivity contribution is 5.93. The molecule has 1 aromatic carbocycles. The third kappa shape index (κ3) is 5.85. The van der Waals surface area contributed by atoms with Crippen molar-refractivity contribution < 1.29 is 4.79 Å². The molecule has 0 radical (unpaired) electrons. The fourth-order valence-electron chi connectivity index (χ4n) is 1.73. The second-order valence-corrected chi connectivity index (χ2v) is 5.60. The number of hydrogen-bond acceptors (Lipinski definition) is 2. The molecule has 1 rings (SSSR count). The molecule has 0 aliphatic carbocycles. The Kier molecular flexibility index (Phi) is 6.72. The fraction of sp³-hybridized carbons (Fsp3) is 0.500. The minimum absolute atomic E-state index is 0.0175. The van der Waals surface area contributed by atoms with E-state index in [4.69, 9.17) is 0 Å². The van der Waals surface area contributed by atoms with E-state index in [1.807, 2.05) is 24.3 Å². The molecule has 0 atom stereocenters. The summed E-state index contributed by atoms with van der Waals surface area (Å²) in [5.41, 5.74) is 1.81. The van der Waals surface area contributed by atoms with E-state index in [0.717, 1.165) is 18.1 Å². The van der Waals surface area contributed by atoms with E-state index in [2.05, 4.69) is 29.5 Å². The highest BCUT2D eigenvalue weighted by atomic mass is 16.2. The third-order valence-electron chi connectivity index (χ3n) is 2.97. The van der Waals surface area contributed by atoms with Gasteiger partial charge in [0, 0.05) is 39.8 Å². The van der Waals surface area contributed by atoms with Crippen molar-refractivity contribution in [2.75, 3.05) is 27.7 Å². The average Bonchev–Trinajstić information content (AvgIpc) is 2.47. The zero-order valence-corrected chi connectivity index (χ0v) is 13.6. The SMILES string of the molecule is CN=C(NCc1ccc(C(=O)N(C)C)cc1)NCC(C)C. The largest absolute Gasteiger partial charge is 0.356 e. The average molecular weight is 290 g/mol. The van der Waals surface area contributed by atoms with Gasteiger partial charge in [-0.2, -0.15) is 0 Å². The summed E-state index contributed by atoms with van der Waals surface area (Å²) in [6, 6.07) is 7.62. The Morgan fingerprint density at radius 1 is 1.19 bits per heavy atom. The number of nitrogens with zero attached hydrogens (tertiary/aromatic N) is 2. The van der Waals surface area contributed by atoms with E-state index in [1.54, 1.807) is 26.0 Å². The van der Waals surface area contributed by atoms with E-state index in [9.17, 15) is 4.79 Å². The summed E-state index contributed by atoms with van der Waals surface area (Å²) < 4.78 is 0. The van der Waals surface area contributed by atoms with Crippen LogP contribution in [0, 0.1) is 5.92 Å². The fourth-order valence-corrected chi connectivity index (χ4v) is 1.73. The van der Waals surface area contributed by atoms with E-state index < -0.39 is 0 Å². The zero-order chi connectivity index (χ0) is 15.8. The number of nitrogens with one attached hydrogen (secondary N) is 2. The number of benzene rings is 1. The van der Waals surface area contributed by atoms with E-state index in [-0.39, 0.29) is 5.91 Å². The predicted molar refractivity (Wildman–Crippen MR) is 87.5 cm³/mol. The summed E-state index contributed by atoms with van der Waals surface area (Å²) in [5, 5.41) is 6.52. The van der Waals surface area contributed by atoms with Crippen molar-refractivity contribution in [2.45, 2.75) is 20.4 Å². The van der Waals surface area contributed by atoms with Crippen molar-refractivity contribution in [1.29, 1.82) is 0 Å². The monoisotopic (exact) mass is 290 g/mol. The van der Waals surface area contributed by atoms with Crippen molar-refractivity contribution >= 4 is 11.9 Å². The van der Waals surface area contributed by atoms with Gasteiger partial charge >= 0.3 is 0 Å². The minimum Gasteiger partial charge on any atom is -0.356 e. The number of carbonyl (C=O) groups excluding carboxylic acids is 1. The quantitative estimate of drug-likeness (QED) is 0.641. The zero-order valence-electron chi connectivity index (χ0n) is 13.6. The number of guanidine groups is 1. The van der Waals surface area contributed by atoms with Crippen LogP contribution in [0.1, 0.15) is 29.8 Å². The Hall–Kier alpha value is -2.04. The molecule has 0 aromatic heterocycles. The van der Waals surface area contributed by atoms with Crippen LogP contribution in [0.4, 0.5) is 0 Å². The molecule has 0 aliphatic heterocycles. The number of hydrogen-bond donors (Lipinski definition) is 2. The highest BCUT2D eigenvalue weighted by Gasteiger charge is 2.07. The lowest BCUT2D eigenvalue weighted by atomic mass is 10.1. The van der Waals surface area contributed by atoms with Crippen LogP contribution in [-0.2, 0) is 6.54 Å². The first kappa shape index (κ1) is 17.0. The topological polar surface area (TPSA) is 56.7 Å². The summed E-state index contributed by atoms with van der Waals surface area (Å²) >= 11 is 0. The highest BCUT2D eigenvalue weighted by Crippen LogP contribution is 2.06. The molecule has 5 nitrogen and oxygen atoms in total. The van der Waals surface area contributed by atoms with Crippen LogP contribution in [0.15, 0.2) is 29.3 Å². The van der Waals surface area contributed by atoms with Crippen LogP contribution < -0.4 is 10.6 Å². The predicted octanol–water partition coefficient (Wildman–Crippen LogP) is 1.71. The van der Waals surface area contributed by atoms with Gasteiger partial charge in [0.1, 0.15) is 0 Å². The van der Waals surface area contributed by atoms with Gasteiger partial charge in [0.05, 0.1) is 0 Å². The molecule has 21 heavy (non-hydrogen) atoms. The standard InChI is InChI=1S/C16H26N4O/c1-12(2)10-18-16(17-3)19-11-13-6-8-14(9-7-13)15(21)20(4)5/h6-9,12H,10-11H2,1-5H3,(H2,17,18,19). The third-order valence-corrected chi connectivity index (χ3v) is 2.97. The van der Waals surface area contributed by atoms with Gasteiger partial charge in [-0.15, -0.1) is 0 Å². The van der Waals surface area contributed by atoms with Gasteiger partial charge in [-0.1, -0.05) is 26.0 Å². The van der Waals surface area contributed by atoms with E-state index in [0.29, 0.717) is 18.0 Å². The molecule has 0 fully saturated rings. The van der Waals surface area contributed by atoms with Gasteiger partial charge in [-0.3, -0.25) is 9.79 Å². The number of amides is 1. The van der Waals surface area contributed by atoms with Crippen LogP contribution in [-0.4, -0.2) is 44.5 Å². The second kappa shape index (κ2) is 8.29. The smallest absolute Gasteiger partial charge is 0.253 e. The molecular weight excluding hydrogens is 264 g/mol. The first-order chi connectivity index (χ1) is 9.93. The van der Waals surface area contributed by atoms with Crippen molar-refractivity contribution in [1.82, 2.24) is 15.5 Å². The molecule has 0 heterocycles. The van der Waals surface area contributed by atoms with Gasteiger partial charge < -0.3 is 15.5 Å². The Balaban J connectivity index is 2.54. The van der Waals surface area contributed by atoms with Crippen LogP contribution in [0.25, 0.3) is 0 Å². The number of carbonyl (C=O) groups is 1. The normalized spacial score (nSPS) is 11.4. The molecule has 1 amide bonds. The molecule has 0 unspecified atom stereocenters. The molecular formula is C16H26N4O. The van der Waals surface area contributed by atoms with Gasteiger partial charge in [-0.25, -0.2) is 0 Å². The van der Waals surface area contributed by atoms with Crippen LogP contribution in [0.2, 0.25) is 0 Å². The summed E-state index contributed by atoms with van der Waals surface area (Å²) in [6.45, 7) is 5.87. The Labute approximate surface area is 127 Å². The molecule has 0 saturated carbocycles. The lowest BCUT2D eigenvalue weighted by Gasteiger charge is -2.14. The van der Waals surface area contributed by atoms with Crippen molar-refractivity contribution in [3.8, 4) is 0 Å². The molecule has 0 aliphatic rings. The molecule has 116 valence electrons. The van der Waals surface area contributed by atoms with Gasteiger partial charge in [0.2, 0.25) is 0 Å². The summed E-state index contributed by atoms with van der Waals surface area (Å²) in [4.78, 5) is 17.6. The first-order valence-corrected chi connectivity index (χ1v) is 7.19. The lowest BCUT2D eigenvalue weighted by Crippen LogP contribution is -2.38. The molecule has 1 aromatic rings. The summed E-state index contributed by atoms with van der Waals surface area (Å²) in [5.74, 6) is 1.38. The molecule has 5 heteroatoms. The Bertz CT molecular complexity index is 478. The first-order valence-electron chi connectivity index (χ1n) is 7.19. The van der Waals surface area contributed by atoms with Crippen molar-refractivity contribution in [3.05, 3.63) is 35.4 Å².